The summed E-state index contributed by atoms with van der Waals surface area (Å²) >= 11 is 8.78. The predicted octanol–water partition coefficient (Wildman–Crippen LogP) is 2.11. The molecule has 3 N–H and O–H groups in total. The fraction of sp³-hybridized carbons (Fsp3) is 0.200. The molecule has 3 amide bonds. The molecule has 0 aliphatic carbocycles. The second-order valence-corrected chi connectivity index (χ2v) is 4.49. The Morgan fingerprint density at radius 3 is 2.72 bits per heavy atom. The summed E-state index contributed by atoms with van der Waals surface area (Å²) in [7, 11) is 1.45. The third-order valence-electron chi connectivity index (χ3n) is 1.95. The fourth-order valence-corrected chi connectivity index (χ4v) is 1.72. The lowest BCUT2D eigenvalue weighted by atomic mass is 10.3. The van der Waals surface area contributed by atoms with Gasteiger partial charge in [-0.1, -0.05) is 11.6 Å². The predicted molar refractivity (Wildman–Crippen MR) is 70.2 cm³/mol. The van der Waals surface area contributed by atoms with Crippen LogP contribution in [0.1, 0.15) is 0 Å². The van der Waals surface area contributed by atoms with Crippen molar-refractivity contribution in [1.82, 2.24) is 10.6 Å². The van der Waals surface area contributed by atoms with Crippen LogP contribution < -0.4 is 16.0 Å². The van der Waals surface area contributed by atoms with E-state index < -0.39 is 11.8 Å². The highest BCUT2D eigenvalue weighted by Gasteiger charge is 2.10. The zero-order valence-corrected chi connectivity index (χ0v) is 11.7. The van der Waals surface area contributed by atoms with Crippen LogP contribution in [0.3, 0.4) is 0 Å². The average molecular weight is 339 g/mol. The van der Waals surface area contributed by atoms with E-state index in [1.54, 1.807) is 0 Å². The Morgan fingerprint density at radius 1 is 1.44 bits per heavy atom. The number of benzene rings is 1. The first-order chi connectivity index (χ1) is 8.43. The van der Waals surface area contributed by atoms with Crippen LogP contribution in [0.5, 0.6) is 0 Å². The van der Waals surface area contributed by atoms with E-state index in [0.717, 1.165) is 6.07 Å². The van der Waals surface area contributed by atoms with Gasteiger partial charge in [0.2, 0.25) is 5.91 Å². The molecule has 0 spiro atoms. The molecule has 0 heterocycles. The number of rotatable bonds is 3. The Labute approximate surface area is 116 Å². The first kappa shape index (κ1) is 14.7. The number of carbonyl (C=O) groups excluding carboxylic acids is 2. The normalized spacial score (nSPS) is 9.78. The van der Waals surface area contributed by atoms with Crippen molar-refractivity contribution in [3.63, 3.8) is 0 Å². The first-order valence-electron chi connectivity index (χ1n) is 4.84. The molecule has 18 heavy (non-hydrogen) atoms. The Kier molecular flexibility index (Phi) is 5.36. The number of hydrogen-bond donors (Lipinski definition) is 3. The lowest BCUT2D eigenvalue weighted by molar-refractivity contribution is -0.119. The van der Waals surface area contributed by atoms with Crippen LogP contribution in [0.15, 0.2) is 16.6 Å². The zero-order valence-electron chi connectivity index (χ0n) is 9.31. The number of halogens is 3. The van der Waals surface area contributed by atoms with E-state index in [1.165, 1.54) is 13.1 Å². The molecule has 0 fully saturated rings. The van der Waals surface area contributed by atoms with Gasteiger partial charge in [0.25, 0.3) is 0 Å². The fourth-order valence-electron chi connectivity index (χ4n) is 1.03. The van der Waals surface area contributed by atoms with Gasteiger partial charge < -0.3 is 16.0 Å². The lowest BCUT2D eigenvalue weighted by Crippen LogP contribution is -2.37. The molecule has 1 rings (SSSR count). The number of hydrogen-bond acceptors (Lipinski definition) is 2. The Hall–Kier alpha value is -1.34. The second-order valence-electron chi connectivity index (χ2n) is 3.23. The van der Waals surface area contributed by atoms with Crippen LogP contribution in [0, 0.1) is 5.82 Å². The van der Waals surface area contributed by atoms with Crippen molar-refractivity contribution in [3.8, 4) is 0 Å². The largest absolute Gasteiger partial charge is 0.358 e. The molecule has 1 aromatic rings. The standard InChI is InChI=1S/C10H10BrClFN3O2/c1-14-9(17)4-15-10(18)16-8-3-7(13)5(11)2-6(8)12/h2-3H,4H2,1H3,(H,14,17)(H2,15,16,18). The van der Waals surface area contributed by atoms with Crippen LogP contribution >= 0.6 is 27.5 Å². The number of anilines is 1. The quantitative estimate of drug-likeness (QED) is 0.739. The van der Waals surface area contributed by atoms with E-state index in [0.29, 0.717) is 0 Å². The summed E-state index contributed by atoms with van der Waals surface area (Å²) in [6, 6.07) is 1.75. The van der Waals surface area contributed by atoms with Gasteiger partial charge in [-0.25, -0.2) is 9.18 Å². The molecular weight excluding hydrogens is 328 g/mol. The molecule has 0 aromatic heterocycles. The molecule has 0 saturated carbocycles. The molecule has 5 nitrogen and oxygen atoms in total. The van der Waals surface area contributed by atoms with Crippen molar-refractivity contribution in [1.29, 1.82) is 0 Å². The number of amides is 3. The summed E-state index contributed by atoms with van der Waals surface area (Å²) < 4.78 is 13.4. The highest BCUT2D eigenvalue weighted by Crippen LogP contribution is 2.28. The maximum absolute atomic E-state index is 13.2. The summed E-state index contributed by atoms with van der Waals surface area (Å²) in [6.45, 7) is -0.182. The van der Waals surface area contributed by atoms with Gasteiger partial charge in [0, 0.05) is 13.1 Å². The summed E-state index contributed by atoms with van der Waals surface area (Å²) in [5.74, 6) is -0.903. The third kappa shape index (κ3) is 4.15. The third-order valence-corrected chi connectivity index (χ3v) is 2.87. The Morgan fingerprint density at radius 2 is 2.11 bits per heavy atom. The lowest BCUT2D eigenvalue weighted by Gasteiger charge is -2.09. The van der Waals surface area contributed by atoms with E-state index in [4.69, 9.17) is 11.6 Å². The molecule has 0 aliphatic rings. The van der Waals surface area contributed by atoms with Crippen LogP contribution in [-0.4, -0.2) is 25.5 Å². The maximum Gasteiger partial charge on any atom is 0.319 e. The van der Waals surface area contributed by atoms with E-state index in [2.05, 4.69) is 31.9 Å². The van der Waals surface area contributed by atoms with Crippen LogP contribution in [0.2, 0.25) is 5.02 Å². The minimum Gasteiger partial charge on any atom is -0.358 e. The van der Waals surface area contributed by atoms with E-state index in [9.17, 15) is 14.0 Å². The van der Waals surface area contributed by atoms with Crippen molar-refractivity contribution in [2.75, 3.05) is 18.9 Å². The minimum atomic E-state index is -0.651. The zero-order chi connectivity index (χ0) is 13.7. The molecule has 0 saturated heterocycles. The van der Waals surface area contributed by atoms with Crippen molar-refractivity contribution in [2.45, 2.75) is 0 Å². The molecule has 0 aliphatic heterocycles. The molecule has 0 radical (unpaired) electrons. The van der Waals surface area contributed by atoms with Crippen molar-refractivity contribution in [2.24, 2.45) is 0 Å². The van der Waals surface area contributed by atoms with Gasteiger partial charge in [0.1, 0.15) is 5.82 Å². The van der Waals surface area contributed by atoms with Gasteiger partial charge >= 0.3 is 6.03 Å². The van der Waals surface area contributed by atoms with Crippen molar-refractivity contribution in [3.05, 3.63) is 27.4 Å². The highest BCUT2D eigenvalue weighted by molar-refractivity contribution is 9.10. The van der Waals surface area contributed by atoms with Gasteiger partial charge in [-0.3, -0.25) is 4.79 Å². The monoisotopic (exact) mass is 337 g/mol. The highest BCUT2D eigenvalue weighted by atomic mass is 79.9. The average Bonchev–Trinajstić information content (AvgIpc) is 2.33. The van der Waals surface area contributed by atoms with E-state index >= 15 is 0 Å². The molecule has 0 unspecified atom stereocenters. The SMILES string of the molecule is CNC(=O)CNC(=O)Nc1cc(F)c(Br)cc1Cl. The summed E-state index contributed by atoms with van der Waals surface area (Å²) in [4.78, 5) is 22.3. The number of carbonyl (C=O) groups is 2. The summed E-state index contributed by atoms with van der Waals surface area (Å²) in [6.07, 6.45) is 0. The van der Waals surface area contributed by atoms with Crippen molar-refractivity contribution < 1.29 is 14.0 Å². The second kappa shape index (κ2) is 6.55. The van der Waals surface area contributed by atoms with E-state index in [-0.39, 0.29) is 27.6 Å². The summed E-state index contributed by atoms with van der Waals surface area (Å²) in [5.41, 5.74) is 0.117. The van der Waals surface area contributed by atoms with E-state index in [1.807, 2.05) is 0 Å². The number of nitrogens with one attached hydrogen (secondary N) is 3. The van der Waals surface area contributed by atoms with Gasteiger partial charge in [-0.05, 0) is 22.0 Å². The smallest absolute Gasteiger partial charge is 0.319 e. The first-order valence-corrected chi connectivity index (χ1v) is 6.01. The van der Waals surface area contributed by atoms with Crippen molar-refractivity contribution >= 4 is 45.2 Å². The van der Waals surface area contributed by atoms with Gasteiger partial charge in [-0.2, -0.15) is 0 Å². The molecule has 1 aromatic carbocycles. The molecule has 0 bridgehead atoms. The Balaban J connectivity index is 2.65. The van der Waals surface area contributed by atoms with Crippen LogP contribution in [0.25, 0.3) is 0 Å². The minimum absolute atomic E-state index is 0.117. The topological polar surface area (TPSA) is 70.2 Å². The molecule has 0 atom stereocenters. The molecule has 98 valence electrons. The van der Waals surface area contributed by atoms with Gasteiger partial charge in [0.05, 0.1) is 21.7 Å². The van der Waals surface area contributed by atoms with Gasteiger partial charge in [0.15, 0.2) is 0 Å². The summed E-state index contributed by atoms with van der Waals surface area (Å²) in [5, 5.41) is 7.14. The van der Waals surface area contributed by atoms with Gasteiger partial charge in [-0.15, -0.1) is 0 Å². The maximum atomic E-state index is 13.2. The molecular formula is C10H10BrClFN3O2. The Bertz CT molecular complexity index is 484. The number of urea groups is 1. The number of likely N-dealkylation sites (N-methyl/N-ethyl adjacent to an activating group) is 1. The van der Waals surface area contributed by atoms with Crippen LogP contribution in [0.4, 0.5) is 14.9 Å². The molecule has 8 heteroatoms. The van der Waals surface area contributed by atoms with Crippen LogP contribution in [-0.2, 0) is 4.79 Å².